The molecule has 2 aromatic heterocycles. The highest BCUT2D eigenvalue weighted by atomic mass is 16.3. The third kappa shape index (κ3) is 3.41. The SMILES string of the molecule is O=C(N[C@@H](c1ccccc1)C(O)(c1cccnc1)c1cccnc1)C1CCC1. The Morgan fingerprint density at radius 2 is 1.57 bits per heavy atom. The van der Waals surface area contributed by atoms with E-state index in [4.69, 9.17) is 0 Å². The number of nitrogens with zero attached hydrogens (tertiary/aromatic N) is 2. The first kappa shape index (κ1) is 18.3. The minimum atomic E-state index is -1.51. The molecule has 1 fully saturated rings. The number of nitrogens with one attached hydrogen (secondary N) is 1. The van der Waals surface area contributed by atoms with Crippen molar-refractivity contribution >= 4 is 5.91 Å². The summed E-state index contributed by atoms with van der Waals surface area (Å²) in [6.45, 7) is 0. The van der Waals surface area contributed by atoms with Gasteiger partial charge in [0.2, 0.25) is 5.91 Å². The molecule has 28 heavy (non-hydrogen) atoms. The van der Waals surface area contributed by atoms with Gasteiger partial charge in [-0.2, -0.15) is 0 Å². The highest BCUT2D eigenvalue weighted by Crippen LogP contribution is 2.41. The zero-order chi connectivity index (χ0) is 19.4. The largest absolute Gasteiger partial charge is 0.378 e. The van der Waals surface area contributed by atoms with E-state index >= 15 is 0 Å². The van der Waals surface area contributed by atoms with Gasteiger partial charge in [-0.25, -0.2) is 0 Å². The van der Waals surface area contributed by atoms with Gasteiger partial charge < -0.3 is 10.4 Å². The molecule has 1 aromatic carbocycles. The molecule has 0 spiro atoms. The highest BCUT2D eigenvalue weighted by Gasteiger charge is 2.43. The summed E-state index contributed by atoms with van der Waals surface area (Å²) < 4.78 is 0. The van der Waals surface area contributed by atoms with Crippen LogP contribution in [0, 0.1) is 5.92 Å². The predicted molar refractivity (Wildman–Crippen MR) is 106 cm³/mol. The van der Waals surface area contributed by atoms with Gasteiger partial charge in [0, 0.05) is 41.8 Å². The van der Waals surface area contributed by atoms with E-state index in [9.17, 15) is 9.90 Å². The molecule has 0 unspecified atom stereocenters. The number of aliphatic hydroxyl groups is 1. The average Bonchev–Trinajstić information content (AvgIpc) is 2.72. The third-order valence-corrected chi connectivity index (χ3v) is 5.52. The van der Waals surface area contributed by atoms with E-state index in [1.807, 2.05) is 42.5 Å². The topological polar surface area (TPSA) is 75.1 Å². The number of carbonyl (C=O) groups excluding carboxylic acids is 1. The van der Waals surface area contributed by atoms with Gasteiger partial charge in [-0.05, 0) is 30.5 Å². The number of benzene rings is 1. The fourth-order valence-corrected chi connectivity index (χ4v) is 3.68. The summed E-state index contributed by atoms with van der Waals surface area (Å²) in [7, 11) is 0. The molecule has 0 bridgehead atoms. The lowest BCUT2D eigenvalue weighted by Crippen LogP contribution is -2.47. The standard InChI is InChI=1S/C23H23N3O2/c27-22(18-9-4-10-18)26-21(17-7-2-1-3-8-17)23(28,19-11-5-13-24-15-19)20-12-6-14-25-16-20/h1-3,5-8,11-16,18,21,28H,4,9-10H2,(H,26,27)/t21-/m0/s1. The van der Waals surface area contributed by atoms with Crippen molar-refractivity contribution in [3.8, 4) is 0 Å². The molecule has 3 aromatic rings. The second kappa shape index (κ2) is 7.90. The summed E-state index contributed by atoms with van der Waals surface area (Å²) >= 11 is 0. The quantitative estimate of drug-likeness (QED) is 0.695. The Kier molecular flexibility index (Phi) is 5.17. The van der Waals surface area contributed by atoms with Crippen LogP contribution in [-0.4, -0.2) is 21.0 Å². The number of carbonyl (C=O) groups is 1. The van der Waals surface area contributed by atoms with Crippen LogP contribution < -0.4 is 5.32 Å². The highest BCUT2D eigenvalue weighted by molar-refractivity contribution is 5.80. The maximum absolute atomic E-state index is 12.9. The Bertz CT molecular complexity index is 873. The lowest BCUT2D eigenvalue weighted by Gasteiger charge is -2.39. The number of hydrogen-bond donors (Lipinski definition) is 2. The normalized spacial score (nSPS) is 15.5. The number of amides is 1. The van der Waals surface area contributed by atoms with Crippen LogP contribution in [0.1, 0.15) is 42.0 Å². The summed E-state index contributed by atoms with van der Waals surface area (Å²) in [5, 5.41) is 15.2. The maximum Gasteiger partial charge on any atom is 0.223 e. The first-order valence-corrected chi connectivity index (χ1v) is 9.58. The molecule has 1 atom stereocenters. The van der Waals surface area contributed by atoms with Crippen molar-refractivity contribution in [2.45, 2.75) is 30.9 Å². The van der Waals surface area contributed by atoms with Crippen LogP contribution in [0.15, 0.2) is 79.4 Å². The van der Waals surface area contributed by atoms with E-state index in [1.165, 1.54) is 0 Å². The van der Waals surface area contributed by atoms with Crippen LogP contribution in [0.2, 0.25) is 0 Å². The van der Waals surface area contributed by atoms with E-state index in [-0.39, 0.29) is 11.8 Å². The molecule has 5 heteroatoms. The Balaban J connectivity index is 1.84. The van der Waals surface area contributed by atoms with E-state index in [0.717, 1.165) is 24.8 Å². The lowest BCUT2D eigenvalue weighted by molar-refractivity contribution is -0.130. The predicted octanol–water partition coefficient (Wildman–Crippen LogP) is 3.37. The Morgan fingerprint density at radius 1 is 0.964 bits per heavy atom. The van der Waals surface area contributed by atoms with Crippen molar-refractivity contribution in [2.24, 2.45) is 5.92 Å². The minimum Gasteiger partial charge on any atom is -0.378 e. The molecular weight excluding hydrogens is 350 g/mol. The fourth-order valence-electron chi connectivity index (χ4n) is 3.68. The molecule has 4 rings (SSSR count). The number of pyridine rings is 2. The Hall–Kier alpha value is -3.05. The van der Waals surface area contributed by atoms with Crippen molar-refractivity contribution < 1.29 is 9.90 Å². The molecule has 1 saturated carbocycles. The Morgan fingerprint density at radius 3 is 2.04 bits per heavy atom. The molecule has 2 N–H and O–H groups in total. The fraction of sp³-hybridized carbons (Fsp3) is 0.261. The van der Waals surface area contributed by atoms with Gasteiger partial charge in [0.05, 0.1) is 6.04 Å². The monoisotopic (exact) mass is 373 g/mol. The van der Waals surface area contributed by atoms with E-state index in [0.29, 0.717) is 11.1 Å². The van der Waals surface area contributed by atoms with Gasteiger partial charge in [-0.3, -0.25) is 14.8 Å². The molecule has 1 amide bonds. The molecule has 0 saturated heterocycles. The van der Waals surface area contributed by atoms with Gasteiger partial charge in [-0.1, -0.05) is 48.9 Å². The molecule has 5 nitrogen and oxygen atoms in total. The van der Waals surface area contributed by atoms with Crippen molar-refractivity contribution in [1.29, 1.82) is 0 Å². The number of rotatable bonds is 6. The summed E-state index contributed by atoms with van der Waals surface area (Å²) in [4.78, 5) is 21.3. The molecule has 142 valence electrons. The van der Waals surface area contributed by atoms with Crippen LogP contribution >= 0.6 is 0 Å². The number of hydrogen-bond acceptors (Lipinski definition) is 4. The van der Waals surface area contributed by atoms with Crippen molar-refractivity contribution in [3.63, 3.8) is 0 Å². The van der Waals surface area contributed by atoms with E-state index in [2.05, 4.69) is 15.3 Å². The van der Waals surface area contributed by atoms with Crippen LogP contribution in [0.25, 0.3) is 0 Å². The summed E-state index contributed by atoms with van der Waals surface area (Å²) in [6.07, 6.45) is 9.47. The molecule has 0 radical (unpaired) electrons. The molecular formula is C23H23N3O2. The lowest BCUT2D eigenvalue weighted by atomic mass is 9.77. The first-order chi connectivity index (χ1) is 13.7. The number of aromatic nitrogens is 2. The zero-order valence-electron chi connectivity index (χ0n) is 15.5. The third-order valence-electron chi connectivity index (χ3n) is 5.52. The maximum atomic E-state index is 12.9. The van der Waals surface area contributed by atoms with Crippen LogP contribution in [0.4, 0.5) is 0 Å². The van der Waals surface area contributed by atoms with Crippen LogP contribution in [0.3, 0.4) is 0 Å². The average molecular weight is 373 g/mol. The van der Waals surface area contributed by atoms with Crippen molar-refractivity contribution in [2.75, 3.05) is 0 Å². The Labute approximate surface area is 164 Å². The van der Waals surface area contributed by atoms with Gasteiger partial charge in [0.15, 0.2) is 0 Å². The summed E-state index contributed by atoms with van der Waals surface area (Å²) in [5.41, 5.74) is 0.519. The van der Waals surface area contributed by atoms with Crippen LogP contribution in [-0.2, 0) is 10.4 Å². The second-order valence-electron chi connectivity index (χ2n) is 7.23. The van der Waals surface area contributed by atoms with Crippen LogP contribution in [0.5, 0.6) is 0 Å². The minimum absolute atomic E-state index is 0.0123. The molecule has 2 heterocycles. The van der Waals surface area contributed by atoms with Crippen molar-refractivity contribution in [3.05, 3.63) is 96.1 Å². The smallest absolute Gasteiger partial charge is 0.223 e. The second-order valence-corrected chi connectivity index (χ2v) is 7.23. The van der Waals surface area contributed by atoms with Gasteiger partial charge in [-0.15, -0.1) is 0 Å². The first-order valence-electron chi connectivity index (χ1n) is 9.58. The molecule has 1 aliphatic rings. The van der Waals surface area contributed by atoms with E-state index < -0.39 is 11.6 Å². The zero-order valence-corrected chi connectivity index (χ0v) is 15.5. The molecule has 1 aliphatic carbocycles. The van der Waals surface area contributed by atoms with E-state index in [1.54, 1.807) is 36.9 Å². The summed E-state index contributed by atoms with van der Waals surface area (Å²) in [5.74, 6) is -0.00966. The van der Waals surface area contributed by atoms with Gasteiger partial charge in [0.25, 0.3) is 0 Å². The van der Waals surface area contributed by atoms with Gasteiger partial charge in [0.1, 0.15) is 5.60 Å². The van der Waals surface area contributed by atoms with Crippen molar-refractivity contribution in [1.82, 2.24) is 15.3 Å². The molecule has 0 aliphatic heterocycles. The van der Waals surface area contributed by atoms with Gasteiger partial charge >= 0.3 is 0 Å². The summed E-state index contributed by atoms with van der Waals surface area (Å²) in [6, 6.07) is 16.1.